The summed E-state index contributed by atoms with van der Waals surface area (Å²) in [5.41, 5.74) is -0.126. The number of ether oxygens (including phenoxy) is 1. The van der Waals surface area contributed by atoms with Crippen LogP contribution in [0.3, 0.4) is 0 Å². The molecule has 0 aromatic heterocycles. The van der Waals surface area contributed by atoms with Crippen molar-refractivity contribution in [1.29, 1.82) is 0 Å². The predicted octanol–water partition coefficient (Wildman–Crippen LogP) is 2.95. The normalized spacial score (nSPS) is 11.5. The molecule has 8 heteroatoms. The second-order valence-corrected chi connectivity index (χ2v) is 7.34. The molecule has 122 valence electrons. The maximum Gasteiger partial charge on any atom is 0.345 e. The van der Waals surface area contributed by atoms with Gasteiger partial charge in [0.15, 0.2) is 0 Å². The van der Waals surface area contributed by atoms with Crippen LogP contribution in [0, 0.1) is 5.82 Å². The van der Waals surface area contributed by atoms with E-state index in [4.69, 9.17) is 16.3 Å². The quantitative estimate of drug-likeness (QED) is 0.623. The third kappa shape index (κ3) is 3.87. The molecule has 0 heterocycles. The molecule has 0 bridgehead atoms. The zero-order valence-electron chi connectivity index (χ0n) is 12.3. The Morgan fingerprint density at radius 3 is 2.48 bits per heavy atom. The van der Waals surface area contributed by atoms with Gasteiger partial charge in [-0.25, -0.2) is 21.9 Å². The third-order valence-electron chi connectivity index (χ3n) is 2.94. The van der Waals surface area contributed by atoms with Gasteiger partial charge >= 0.3 is 5.97 Å². The van der Waals surface area contributed by atoms with Gasteiger partial charge < -0.3 is 4.74 Å². The summed E-state index contributed by atoms with van der Waals surface area (Å²) in [4.78, 5) is 12.1. The second kappa shape index (κ2) is 6.66. The highest BCUT2D eigenvalue weighted by Crippen LogP contribution is 2.24. The van der Waals surface area contributed by atoms with Crippen LogP contribution in [0.2, 0.25) is 5.02 Å². The molecule has 0 N–H and O–H groups in total. The summed E-state index contributed by atoms with van der Waals surface area (Å²) in [6, 6.07) is 8.72. The Labute approximate surface area is 138 Å². The summed E-state index contributed by atoms with van der Waals surface area (Å²) in [6.07, 6.45) is 0. The average molecular weight is 358 g/mol. The molecule has 23 heavy (non-hydrogen) atoms. The van der Waals surface area contributed by atoms with Crippen molar-refractivity contribution in [2.75, 3.05) is 14.1 Å². The van der Waals surface area contributed by atoms with Crippen LogP contribution in [0.1, 0.15) is 10.4 Å². The molecule has 0 fully saturated rings. The largest absolute Gasteiger partial charge is 0.423 e. The number of nitrogens with zero attached hydrogens (tertiary/aromatic N) is 1. The van der Waals surface area contributed by atoms with Gasteiger partial charge in [-0.05, 0) is 30.3 Å². The standard InChI is InChI=1S/C15H13ClFNO4S/c1-18(2)23(20,21)12-6-7-14(16)13(9-12)15(19)22-11-5-3-4-10(17)8-11/h3-9H,1-2H3. The van der Waals surface area contributed by atoms with Gasteiger partial charge in [-0.1, -0.05) is 17.7 Å². The Bertz CT molecular complexity index is 852. The summed E-state index contributed by atoms with van der Waals surface area (Å²) in [5.74, 6) is -1.45. The number of hydrogen-bond donors (Lipinski definition) is 0. The highest BCUT2D eigenvalue weighted by molar-refractivity contribution is 7.89. The van der Waals surface area contributed by atoms with E-state index in [1.807, 2.05) is 0 Å². The first-order valence-corrected chi connectivity index (χ1v) is 8.23. The zero-order chi connectivity index (χ0) is 17.2. The minimum atomic E-state index is -3.72. The Balaban J connectivity index is 2.37. The van der Waals surface area contributed by atoms with Crippen LogP contribution in [0.15, 0.2) is 47.4 Å². The van der Waals surface area contributed by atoms with Crippen LogP contribution >= 0.6 is 11.6 Å². The van der Waals surface area contributed by atoms with Crippen LogP contribution in [0.25, 0.3) is 0 Å². The van der Waals surface area contributed by atoms with Crippen LogP contribution in [-0.4, -0.2) is 32.8 Å². The topological polar surface area (TPSA) is 63.7 Å². The summed E-state index contributed by atoms with van der Waals surface area (Å²) in [5, 5.41) is 0.0316. The number of esters is 1. The van der Waals surface area contributed by atoms with Gasteiger partial charge in [0.1, 0.15) is 11.6 Å². The molecule has 0 radical (unpaired) electrons. The van der Waals surface area contributed by atoms with Gasteiger partial charge in [-0.2, -0.15) is 0 Å². The highest BCUT2D eigenvalue weighted by Gasteiger charge is 2.21. The smallest absolute Gasteiger partial charge is 0.345 e. The van der Waals surface area contributed by atoms with E-state index >= 15 is 0 Å². The van der Waals surface area contributed by atoms with E-state index in [0.717, 1.165) is 16.4 Å². The van der Waals surface area contributed by atoms with Gasteiger partial charge in [0, 0.05) is 20.2 Å². The van der Waals surface area contributed by atoms with E-state index in [-0.39, 0.29) is 21.2 Å². The molecule has 0 saturated heterocycles. The van der Waals surface area contributed by atoms with Gasteiger partial charge in [-0.3, -0.25) is 0 Å². The van der Waals surface area contributed by atoms with Crippen molar-refractivity contribution in [3.8, 4) is 5.75 Å². The molecular weight excluding hydrogens is 345 g/mol. The van der Waals surface area contributed by atoms with Gasteiger partial charge in [-0.15, -0.1) is 0 Å². The minimum Gasteiger partial charge on any atom is -0.423 e. The fraction of sp³-hybridized carbons (Fsp3) is 0.133. The van der Waals surface area contributed by atoms with E-state index in [1.165, 1.54) is 44.4 Å². The SMILES string of the molecule is CN(C)S(=O)(=O)c1ccc(Cl)c(C(=O)Oc2cccc(F)c2)c1. The van der Waals surface area contributed by atoms with Crippen LogP contribution in [0.4, 0.5) is 4.39 Å². The van der Waals surface area contributed by atoms with Crippen molar-refractivity contribution < 1.29 is 22.3 Å². The van der Waals surface area contributed by atoms with Crippen molar-refractivity contribution in [3.63, 3.8) is 0 Å². The molecule has 0 aliphatic carbocycles. The van der Waals surface area contributed by atoms with Gasteiger partial charge in [0.2, 0.25) is 10.0 Å². The van der Waals surface area contributed by atoms with Crippen LogP contribution in [-0.2, 0) is 10.0 Å². The predicted molar refractivity (Wildman–Crippen MR) is 83.7 cm³/mol. The molecule has 0 saturated carbocycles. The molecule has 2 aromatic carbocycles. The van der Waals surface area contributed by atoms with Crippen molar-refractivity contribution in [2.24, 2.45) is 0 Å². The third-order valence-corrected chi connectivity index (χ3v) is 5.08. The molecule has 2 rings (SSSR count). The maximum absolute atomic E-state index is 13.1. The highest BCUT2D eigenvalue weighted by atomic mass is 35.5. The molecule has 0 aliphatic heterocycles. The summed E-state index contributed by atoms with van der Waals surface area (Å²) in [6.45, 7) is 0. The first-order valence-electron chi connectivity index (χ1n) is 6.41. The lowest BCUT2D eigenvalue weighted by Gasteiger charge is -2.13. The molecular formula is C15H13ClFNO4S. The lowest BCUT2D eigenvalue weighted by atomic mass is 10.2. The fourth-order valence-corrected chi connectivity index (χ4v) is 2.85. The van der Waals surface area contributed by atoms with E-state index < -0.39 is 21.8 Å². The Hall–Kier alpha value is -1.96. The summed E-state index contributed by atoms with van der Waals surface area (Å²) >= 11 is 5.93. The molecule has 0 amide bonds. The molecule has 5 nitrogen and oxygen atoms in total. The Morgan fingerprint density at radius 2 is 1.87 bits per heavy atom. The van der Waals surface area contributed by atoms with Crippen molar-refractivity contribution in [3.05, 3.63) is 58.9 Å². The van der Waals surface area contributed by atoms with Crippen LogP contribution < -0.4 is 4.74 Å². The number of sulfonamides is 1. The van der Waals surface area contributed by atoms with Gasteiger partial charge in [0.05, 0.1) is 15.5 Å². The lowest BCUT2D eigenvalue weighted by molar-refractivity contribution is 0.0734. The maximum atomic E-state index is 13.1. The summed E-state index contributed by atoms with van der Waals surface area (Å²) in [7, 11) is -0.983. The molecule has 0 spiro atoms. The summed E-state index contributed by atoms with van der Waals surface area (Å²) < 4.78 is 43.3. The van der Waals surface area contributed by atoms with Crippen LogP contribution in [0.5, 0.6) is 5.75 Å². The van der Waals surface area contributed by atoms with E-state index in [0.29, 0.717) is 0 Å². The minimum absolute atomic E-state index is 0.00747. The average Bonchev–Trinajstić information content (AvgIpc) is 2.47. The Kier molecular flexibility index (Phi) is 5.03. The number of halogens is 2. The van der Waals surface area contributed by atoms with Crippen molar-refractivity contribution in [2.45, 2.75) is 4.90 Å². The van der Waals surface area contributed by atoms with E-state index in [2.05, 4.69) is 0 Å². The molecule has 0 atom stereocenters. The van der Waals surface area contributed by atoms with Crippen molar-refractivity contribution in [1.82, 2.24) is 4.31 Å². The van der Waals surface area contributed by atoms with E-state index in [9.17, 15) is 17.6 Å². The number of rotatable bonds is 4. The number of carbonyl (C=O) groups is 1. The number of carbonyl (C=O) groups excluding carboxylic acids is 1. The number of benzene rings is 2. The molecule has 2 aromatic rings. The molecule has 0 unspecified atom stereocenters. The molecule has 0 aliphatic rings. The second-order valence-electron chi connectivity index (χ2n) is 4.78. The number of hydrogen-bond acceptors (Lipinski definition) is 4. The Morgan fingerprint density at radius 1 is 1.17 bits per heavy atom. The van der Waals surface area contributed by atoms with Gasteiger partial charge in [0.25, 0.3) is 0 Å². The monoisotopic (exact) mass is 357 g/mol. The van der Waals surface area contributed by atoms with Crippen molar-refractivity contribution >= 4 is 27.6 Å². The zero-order valence-corrected chi connectivity index (χ0v) is 13.9. The fourth-order valence-electron chi connectivity index (χ4n) is 1.72. The van der Waals surface area contributed by atoms with E-state index in [1.54, 1.807) is 0 Å². The first kappa shape index (κ1) is 17.4. The lowest BCUT2D eigenvalue weighted by Crippen LogP contribution is -2.22. The first-order chi connectivity index (χ1) is 10.7.